The van der Waals surface area contributed by atoms with Gasteiger partial charge >= 0.3 is 0 Å². The normalized spacial score (nSPS) is 20.9. The molecule has 2 aliphatic rings. The first-order valence-electron chi connectivity index (χ1n) is 10.6. The Morgan fingerprint density at radius 3 is 2.27 bits per heavy atom. The monoisotopic (exact) mass is 399 g/mol. The Kier molecular flexibility index (Phi) is 4.80. The predicted octanol–water partition coefficient (Wildman–Crippen LogP) is 4.62. The zero-order valence-corrected chi connectivity index (χ0v) is 17.3. The smallest absolute Gasteiger partial charge is 0.271 e. The quantitative estimate of drug-likeness (QED) is 0.650. The van der Waals surface area contributed by atoms with Gasteiger partial charge in [0.15, 0.2) is 6.54 Å². The summed E-state index contributed by atoms with van der Waals surface area (Å²) in [4.78, 5) is 2.27. The number of benzene rings is 3. The molecule has 1 N–H and O–H groups in total. The van der Waals surface area contributed by atoms with E-state index in [1.807, 2.05) is 18.2 Å². The summed E-state index contributed by atoms with van der Waals surface area (Å²) >= 11 is 0. The van der Waals surface area contributed by atoms with Crippen molar-refractivity contribution < 1.29 is 14.4 Å². The summed E-state index contributed by atoms with van der Waals surface area (Å²) in [6.45, 7) is 1.40. The zero-order valence-electron chi connectivity index (χ0n) is 17.3. The highest BCUT2D eigenvalue weighted by molar-refractivity contribution is 5.96. The lowest BCUT2D eigenvalue weighted by Gasteiger charge is -2.24. The van der Waals surface area contributed by atoms with Crippen molar-refractivity contribution in [1.82, 2.24) is 0 Å². The number of aliphatic hydroxyl groups is 1. The molecule has 3 aromatic carbocycles. The number of ether oxygens (including phenoxy) is 1. The molecule has 152 valence electrons. The Labute approximate surface area is 177 Å². The Balaban J connectivity index is 1.50. The van der Waals surface area contributed by atoms with Crippen LogP contribution in [0.2, 0.25) is 0 Å². The molecular weight excluding hydrogens is 372 g/mol. The van der Waals surface area contributed by atoms with Crippen molar-refractivity contribution in [2.75, 3.05) is 25.1 Å². The predicted molar refractivity (Wildman–Crippen MR) is 120 cm³/mol. The summed E-state index contributed by atoms with van der Waals surface area (Å²) in [5, 5.41) is 11.9. The lowest BCUT2D eigenvalue weighted by Crippen LogP contribution is -2.41. The molecule has 30 heavy (non-hydrogen) atoms. The van der Waals surface area contributed by atoms with Gasteiger partial charge in [0.05, 0.1) is 13.7 Å². The largest absolute Gasteiger partial charge is 0.497 e. The molecule has 0 bridgehead atoms. The van der Waals surface area contributed by atoms with E-state index >= 15 is 0 Å². The summed E-state index contributed by atoms with van der Waals surface area (Å²) in [6, 6.07) is 26.8. The molecule has 0 spiro atoms. The van der Waals surface area contributed by atoms with Gasteiger partial charge in [-0.05, 0) is 48.2 Å². The Morgan fingerprint density at radius 1 is 0.867 bits per heavy atom. The van der Waals surface area contributed by atoms with Crippen LogP contribution in [-0.2, 0) is 5.72 Å². The van der Waals surface area contributed by atoms with Crippen molar-refractivity contribution in [3.63, 3.8) is 0 Å². The molecule has 5 rings (SSSR count). The third-order valence-corrected chi connectivity index (χ3v) is 6.32. The van der Waals surface area contributed by atoms with Gasteiger partial charge < -0.3 is 9.84 Å². The van der Waals surface area contributed by atoms with E-state index in [1.165, 1.54) is 11.4 Å². The van der Waals surface area contributed by atoms with Crippen molar-refractivity contribution in [2.45, 2.75) is 25.0 Å². The fraction of sp³-hybridized carbons (Fsp3) is 0.269. The van der Waals surface area contributed by atoms with E-state index < -0.39 is 5.72 Å². The maximum atomic E-state index is 11.9. The van der Waals surface area contributed by atoms with Crippen molar-refractivity contribution in [3.05, 3.63) is 84.4 Å². The minimum atomic E-state index is -1.02. The highest BCUT2D eigenvalue weighted by Gasteiger charge is 2.52. The molecule has 2 aliphatic heterocycles. The van der Waals surface area contributed by atoms with E-state index in [0.29, 0.717) is 6.54 Å². The van der Waals surface area contributed by atoms with Crippen LogP contribution in [0.1, 0.15) is 24.8 Å². The van der Waals surface area contributed by atoms with Crippen LogP contribution in [0.5, 0.6) is 5.75 Å². The standard InChI is InChI=1S/C26H27N2O2/c1-30-24-16-14-23(15-17-24)27-19-26(29,28-18-6-5-9-25(27)28)22-12-10-21(11-13-22)20-7-3-2-4-8-20/h2-4,7-8,10-17,29H,5-6,9,18-19H2,1H3/q+1. The van der Waals surface area contributed by atoms with Crippen LogP contribution in [0.4, 0.5) is 5.69 Å². The summed E-state index contributed by atoms with van der Waals surface area (Å²) in [7, 11) is 1.68. The molecule has 0 amide bonds. The Morgan fingerprint density at radius 2 is 1.57 bits per heavy atom. The van der Waals surface area contributed by atoms with Crippen LogP contribution in [-0.4, -0.2) is 35.7 Å². The third-order valence-electron chi connectivity index (χ3n) is 6.32. The fourth-order valence-corrected chi connectivity index (χ4v) is 4.70. The maximum Gasteiger partial charge on any atom is 0.271 e. The highest BCUT2D eigenvalue weighted by atomic mass is 16.5. The second-order valence-corrected chi connectivity index (χ2v) is 8.07. The van der Waals surface area contributed by atoms with Crippen LogP contribution >= 0.6 is 0 Å². The average molecular weight is 400 g/mol. The summed E-state index contributed by atoms with van der Waals surface area (Å²) < 4.78 is 7.52. The number of nitrogens with zero attached hydrogens (tertiary/aromatic N) is 2. The molecule has 3 aromatic rings. The van der Waals surface area contributed by atoms with Gasteiger partial charge in [-0.2, -0.15) is 0 Å². The molecule has 0 fully saturated rings. The van der Waals surface area contributed by atoms with E-state index in [0.717, 1.165) is 48.4 Å². The Hall–Kier alpha value is -3.11. The number of hydrogen-bond donors (Lipinski definition) is 1. The van der Waals surface area contributed by atoms with Crippen molar-refractivity contribution in [3.8, 4) is 16.9 Å². The summed E-state index contributed by atoms with van der Waals surface area (Å²) in [5.41, 5.74) is 3.36. The van der Waals surface area contributed by atoms with E-state index in [4.69, 9.17) is 4.74 Å². The van der Waals surface area contributed by atoms with E-state index in [9.17, 15) is 5.11 Å². The molecule has 2 heterocycles. The van der Waals surface area contributed by atoms with Crippen LogP contribution in [0.25, 0.3) is 11.1 Å². The van der Waals surface area contributed by atoms with Crippen molar-refractivity contribution in [1.29, 1.82) is 0 Å². The molecule has 4 heteroatoms. The highest BCUT2D eigenvalue weighted by Crippen LogP contribution is 2.36. The minimum Gasteiger partial charge on any atom is -0.497 e. The molecule has 0 aromatic heterocycles. The van der Waals surface area contributed by atoms with Gasteiger partial charge in [0, 0.05) is 12.0 Å². The Bertz CT molecular complexity index is 1060. The molecule has 1 atom stereocenters. The molecule has 0 saturated heterocycles. The van der Waals surface area contributed by atoms with Gasteiger partial charge in [0.1, 0.15) is 11.4 Å². The van der Waals surface area contributed by atoms with Gasteiger partial charge in [0.2, 0.25) is 0 Å². The average Bonchev–Trinajstić information content (AvgIpc) is 3.14. The molecule has 0 aliphatic carbocycles. The van der Waals surface area contributed by atoms with Gasteiger partial charge in [0.25, 0.3) is 11.6 Å². The van der Waals surface area contributed by atoms with Gasteiger partial charge in [-0.1, -0.05) is 54.6 Å². The van der Waals surface area contributed by atoms with Crippen molar-refractivity contribution >= 4 is 11.5 Å². The third kappa shape index (κ3) is 3.17. The lowest BCUT2D eigenvalue weighted by molar-refractivity contribution is -0.661. The molecule has 0 radical (unpaired) electrons. The van der Waals surface area contributed by atoms with E-state index in [1.54, 1.807) is 7.11 Å². The minimum absolute atomic E-state index is 0.527. The molecule has 4 nitrogen and oxygen atoms in total. The van der Waals surface area contributed by atoms with Crippen LogP contribution < -0.4 is 9.64 Å². The van der Waals surface area contributed by atoms with Crippen LogP contribution in [0.15, 0.2) is 78.9 Å². The number of methoxy groups -OCH3 is 1. The first-order chi connectivity index (χ1) is 14.7. The molecular formula is C26H27N2O2+. The second kappa shape index (κ2) is 7.62. The van der Waals surface area contributed by atoms with E-state index in [2.05, 4.69) is 70.1 Å². The van der Waals surface area contributed by atoms with Gasteiger partial charge in [-0.25, -0.2) is 9.48 Å². The fourth-order valence-electron chi connectivity index (χ4n) is 4.70. The molecule has 1 unspecified atom stereocenters. The topological polar surface area (TPSA) is 35.7 Å². The number of anilines is 1. The number of β-amino-alcohol motifs (C(OH)–C–C–N with tert-alkyl or cyclic N) is 1. The van der Waals surface area contributed by atoms with Gasteiger partial charge in [-0.15, -0.1) is 0 Å². The second-order valence-electron chi connectivity index (χ2n) is 8.07. The SMILES string of the molecule is COc1ccc(N2CC(O)(c3ccc(-c4ccccc4)cc3)[N+]3=C2CCCC3)cc1. The van der Waals surface area contributed by atoms with Crippen LogP contribution in [0.3, 0.4) is 0 Å². The summed E-state index contributed by atoms with van der Waals surface area (Å²) in [6.07, 6.45) is 3.24. The first-order valence-corrected chi connectivity index (χ1v) is 10.6. The summed E-state index contributed by atoms with van der Waals surface area (Å²) in [5.74, 6) is 2.05. The number of amidine groups is 1. The maximum absolute atomic E-state index is 11.9. The lowest BCUT2D eigenvalue weighted by atomic mass is 9.97. The zero-order chi connectivity index (χ0) is 20.6. The van der Waals surface area contributed by atoms with Crippen LogP contribution in [0, 0.1) is 0 Å². The first kappa shape index (κ1) is 18.9. The van der Waals surface area contributed by atoms with Crippen molar-refractivity contribution in [2.24, 2.45) is 0 Å². The number of hydrogen-bond acceptors (Lipinski definition) is 3. The number of rotatable bonds is 4. The molecule has 0 saturated carbocycles. The van der Waals surface area contributed by atoms with E-state index in [-0.39, 0.29) is 0 Å². The van der Waals surface area contributed by atoms with Gasteiger partial charge in [-0.3, -0.25) is 0 Å².